The van der Waals surface area contributed by atoms with Gasteiger partial charge in [0.2, 0.25) is 0 Å². The zero-order chi connectivity index (χ0) is 17.6. The molecule has 130 valence electrons. The first kappa shape index (κ1) is 16.4. The van der Waals surface area contributed by atoms with Crippen molar-refractivity contribution in [2.24, 2.45) is 0 Å². The standard InChI is InChI=1S/C22H21N3O/c1-2-9-22-21(8-1)18(15-25-22)10-12-24-14-17-5-3-6-19(13-17)26-20-7-4-11-23-16-20/h1-9,11,13,15-16,24-25H,10,12,14H2. The number of ether oxygens (including phenoxy) is 1. The average Bonchev–Trinajstić information content (AvgIpc) is 3.10. The topological polar surface area (TPSA) is 49.9 Å². The van der Waals surface area contributed by atoms with E-state index in [1.807, 2.05) is 24.3 Å². The van der Waals surface area contributed by atoms with Gasteiger partial charge in [-0.25, -0.2) is 0 Å². The van der Waals surface area contributed by atoms with E-state index in [9.17, 15) is 0 Å². The Morgan fingerprint density at radius 2 is 1.88 bits per heavy atom. The lowest BCUT2D eigenvalue weighted by Gasteiger charge is -2.08. The van der Waals surface area contributed by atoms with E-state index in [1.54, 1.807) is 12.4 Å². The van der Waals surface area contributed by atoms with Crippen LogP contribution >= 0.6 is 0 Å². The van der Waals surface area contributed by atoms with Gasteiger partial charge in [-0.15, -0.1) is 0 Å². The van der Waals surface area contributed by atoms with E-state index in [0.717, 1.165) is 31.0 Å². The minimum atomic E-state index is 0.747. The van der Waals surface area contributed by atoms with Gasteiger partial charge in [-0.3, -0.25) is 4.98 Å². The highest BCUT2D eigenvalue weighted by Crippen LogP contribution is 2.21. The van der Waals surface area contributed by atoms with Crippen LogP contribution in [-0.2, 0) is 13.0 Å². The zero-order valence-corrected chi connectivity index (χ0v) is 14.5. The summed E-state index contributed by atoms with van der Waals surface area (Å²) in [5.41, 5.74) is 3.75. The van der Waals surface area contributed by atoms with Crippen molar-refractivity contribution in [3.63, 3.8) is 0 Å². The summed E-state index contributed by atoms with van der Waals surface area (Å²) in [6.07, 6.45) is 6.55. The maximum Gasteiger partial charge on any atom is 0.145 e. The Bertz CT molecular complexity index is 979. The number of fused-ring (bicyclic) bond motifs is 1. The maximum atomic E-state index is 5.84. The highest BCUT2D eigenvalue weighted by molar-refractivity contribution is 5.83. The van der Waals surface area contributed by atoms with Gasteiger partial charge in [0, 0.05) is 29.8 Å². The molecule has 26 heavy (non-hydrogen) atoms. The number of rotatable bonds is 7. The normalized spacial score (nSPS) is 10.9. The molecule has 0 aliphatic carbocycles. The van der Waals surface area contributed by atoms with Crippen molar-refractivity contribution in [2.45, 2.75) is 13.0 Å². The Morgan fingerprint density at radius 1 is 0.962 bits per heavy atom. The predicted octanol–water partition coefficient (Wildman–Crippen LogP) is 4.69. The largest absolute Gasteiger partial charge is 0.456 e. The molecule has 0 amide bonds. The smallest absolute Gasteiger partial charge is 0.145 e. The van der Waals surface area contributed by atoms with E-state index in [0.29, 0.717) is 0 Å². The molecule has 0 aliphatic heterocycles. The second-order valence-electron chi connectivity index (χ2n) is 6.22. The molecule has 0 spiro atoms. The van der Waals surface area contributed by atoms with Crippen LogP contribution in [0.4, 0.5) is 0 Å². The summed E-state index contributed by atoms with van der Waals surface area (Å²) in [7, 11) is 0. The second kappa shape index (κ2) is 7.85. The lowest BCUT2D eigenvalue weighted by Crippen LogP contribution is -2.16. The highest BCUT2D eigenvalue weighted by Gasteiger charge is 2.03. The Hall–Kier alpha value is -3.11. The summed E-state index contributed by atoms with van der Waals surface area (Å²) in [6.45, 7) is 1.74. The molecule has 0 saturated heterocycles. The van der Waals surface area contributed by atoms with Gasteiger partial charge in [-0.2, -0.15) is 0 Å². The number of hydrogen-bond acceptors (Lipinski definition) is 3. The molecule has 4 aromatic rings. The number of para-hydroxylation sites is 1. The summed E-state index contributed by atoms with van der Waals surface area (Å²) in [6, 6.07) is 20.3. The van der Waals surface area contributed by atoms with Gasteiger partial charge in [-0.05, 0) is 54.4 Å². The van der Waals surface area contributed by atoms with Crippen LogP contribution in [0.3, 0.4) is 0 Å². The van der Waals surface area contributed by atoms with Crippen LogP contribution < -0.4 is 10.1 Å². The van der Waals surface area contributed by atoms with Crippen molar-refractivity contribution in [3.8, 4) is 11.5 Å². The van der Waals surface area contributed by atoms with Gasteiger partial charge >= 0.3 is 0 Å². The molecule has 4 rings (SSSR count). The van der Waals surface area contributed by atoms with E-state index < -0.39 is 0 Å². The Kier molecular flexibility index (Phi) is 4.94. The molecular formula is C22H21N3O. The van der Waals surface area contributed by atoms with E-state index in [1.165, 1.54) is 22.0 Å². The number of benzene rings is 2. The summed E-state index contributed by atoms with van der Waals surface area (Å²) in [5, 5.41) is 4.82. The van der Waals surface area contributed by atoms with Crippen molar-refractivity contribution in [2.75, 3.05) is 6.54 Å². The average molecular weight is 343 g/mol. The molecule has 0 radical (unpaired) electrons. The molecule has 2 heterocycles. The number of nitrogens with one attached hydrogen (secondary N) is 2. The number of nitrogens with zero attached hydrogens (tertiary/aromatic N) is 1. The van der Waals surface area contributed by atoms with E-state index in [-0.39, 0.29) is 0 Å². The fraction of sp³-hybridized carbons (Fsp3) is 0.136. The zero-order valence-electron chi connectivity index (χ0n) is 14.5. The van der Waals surface area contributed by atoms with Crippen molar-refractivity contribution in [3.05, 3.63) is 90.4 Å². The fourth-order valence-electron chi connectivity index (χ4n) is 3.06. The molecule has 2 aromatic heterocycles. The maximum absolute atomic E-state index is 5.84. The van der Waals surface area contributed by atoms with Crippen LogP contribution in [0.2, 0.25) is 0 Å². The summed E-state index contributed by atoms with van der Waals surface area (Å²) >= 11 is 0. The van der Waals surface area contributed by atoms with Crippen molar-refractivity contribution in [1.82, 2.24) is 15.3 Å². The molecule has 0 fully saturated rings. The summed E-state index contributed by atoms with van der Waals surface area (Å²) in [4.78, 5) is 7.40. The molecule has 0 saturated carbocycles. The first-order valence-electron chi connectivity index (χ1n) is 8.81. The minimum absolute atomic E-state index is 0.747. The third-order valence-corrected chi connectivity index (χ3v) is 4.34. The van der Waals surface area contributed by atoms with Gasteiger partial charge in [0.05, 0.1) is 6.20 Å². The van der Waals surface area contributed by atoms with Gasteiger partial charge < -0.3 is 15.0 Å². The third kappa shape index (κ3) is 3.92. The van der Waals surface area contributed by atoms with Gasteiger partial charge in [-0.1, -0.05) is 30.3 Å². The monoisotopic (exact) mass is 343 g/mol. The van der Waals surface area contributed by atoms with Crippen LogP contribution in [0.15, 0.2) is 79.3 Å². The first-order valence-corrected chi connectivity index (χ1v) is 8.81. The van der Waals surface area contributed by atoms with Crippen LogP contribution in [0.1, 0.15) is 11.1 Å². The van der Waals surface area contributed by atoms with Gasteiger partial charge in [0.25, 0.3) is 0 Å². The van der Waals surface area contributed by atoms with E-state index in [4.69, 9.17) is 4.74 Å². The van der Waals surface area contributed by atoms with Gasteiger partial charge in [0.1, 0.15) is 11.5 Å². The molecular weight excluding hydrogens is 322 g/mol. The lowest BCUT2D eigenvalue weighted by atomic mass is 10.1. The third-order valence-electron chi connectivity index (χ3n) is 4.34. The first-order chi connectivity index (χ1) is 12.9. The van der Waals surface area contributed by atoms with Crippen LogP contribution in [0, 0.1) is 0 Å². The Morgan fingerprint density at radius 3 is 2.81 bits per heavy atom. The number of aromatic amines is 1. The summed E-state index contributed by atoms with van der Waals surface area (Å²) in [5.74, 6) is 1.57. The Labute approximate surface area is 152 Å². The number of H-pyrrole nitrogens is 1. The molecule has 0 aliphatic rings. The molecule has 2 N–H and O–H groups in total. The molecule has 0 unspecified atom stereocenters. The van der Waals surface area contributed by atoms with Crippen LogP contribution in [0.5, 0.6) is 11.5 Å². The molecule has 0 bridgehead atoms. The second-order valence-corrected chi connectivity index (χ2v) is 6.22. The molecule has 0 atom stereocenters. The summed E-state index contributed by atoms with van der Waals surface area (Å²) < 4.78 is 5.84. The highest BCUT2D eigenvalue weighted by atomic mass is 16.5. The van der Waals surface area contributed by atoms with E-state index in [2.05, 4.69) is 57.9 Å². The number of pyridine rings is 1. The number of aromatic nitrogens is 2. The quantitative estimate of drug-likeness (QED) is 0.479. The predicted molar refractivity (Wildman–Crippen MR) is 104 cm³/mol. The van der Waals surface area contributed by atoms with Crippen LogP contribution in [0.25, 0.3) is 10.9 Å². The van der Waals surface area contributed by atoms with Crippen LogP contribution in [-0.4, -0.2) is 16.5 Å². The van der Waals surface area contributed by atoms with Crippen molar-refractivity contribution >= 4 is 10.9 Å². The lowest BCUT2D eigenvalue weighted by molar-refractivity contribution is 0.479. The minimum Gasteiger partial charge on any atom is -0.456 e. The Balaban J connectivity index is 1.31. The molecule has 4 nitrogen and oxygen atoms in total. The SMILES string of the molecule is c1cncc(Oc2cccc(CNCCc3c[nH]c4ccccc34)c2)c1. The van der Waals surface area contributed by atoms with Crippen molar-refractivity contribution in [1.29, 1.82) is 0 Å². The van der Waals surface area contributed by atoms with Gasteiger partial charge in [0.15, 0.2) is 0 Å². The number of hydrogen-bond donors (Lipinski definition) is 2. The molecule has 2 aromatic carbocycles. The van der Waals surface area contributed by atoms with E-state index >= 15 is 0 Å². The molecule has 4 heteroatoms. The van der Waals surface area contributed by atoms with Crippen molar-refractivity contribution < 1.29 is 4.74 Å². The fourth-order valence-corrected chi connectivity index (χ4v) is 3.06.